The van der Waals surface area contributed by atoms with Gasteiger partial charge in [0.1, 0.15) is 5.69 Å². The lowest BCUT2D eigenvalue weighted by atomic mass is 9.99. The van der Waals surface area contributed by atoms with Crippen molar-refractivity contribution >= 4 is 5.88 Å². The average molecular weight is 505 g/mol. The normalized spacial score (nSPS) is 18.1. The van der Waals surface area contributed by atoms with E-state index in [-0.39, 0.29) is 0 Å². The summed E-state index contributed by atoms with van der Waals surface area (Å²) in [5.74, 6) is 0.851. The van der Waals surface area contributed by atoms with Crippen LogP contribution in [0.4, 0.5) is 5.88 Å². The van der Waals surface area contributed by atoms with E-state index >= 15 is 0 Å². The van der Waals surface area contributed by atoms with Gasteiger partial charge in [-0.2, -0.15) is 0 Å². The second kappa shape index (κ2) is 12.2. The molecular weight excluding hydrogens is 464 g/mol. The molecule has 7 heteroatoms. The van der Waals surface area contributed by atoms with Gasteiger partial charge in [0.25, 0.3) is 0 Å². The fraction of sp³-hybridized carbons (Fsp3) is 0.500. The number of benzene rings is 2. The van der Waals surface area contributed by atoms with Crippen LogP contribution in [-0.2, 0) is 24.2 Å². The number of nitrogens with zero attached hydrogens (tertiary/aromatic N) is 4. The molecule has 0 spiro atoms. The molecule has 0 bridgehead atoms. The van der Waals surface area contributed by atoms with Crippen LogP contribution in [0.3, 0.4) is 0 Å². The molecule has 5 rings (SSSR count). The third-order valence-corrected chi connectivity index (χ3v) is 7.83. The van der Waals surface area contributed by atoms with Crippen molar-refractivity contribution < 1.29 is 14.4 Å². The van der Waals surface area contributed by atoms with E-state index in [1.807, 2.05) is 18.2 Å². The summed E-state index contributed by atoms with van der Waals surface area (Å²) in [6, 6.07) is 19.3. The summed E-state index contributed by atoms with van der Waals surface area (Å²) < 4.78 is 11.6. The van der Waals surface area contributed by atoms with Crippen molar-refractivity contribution in [1.82, 2.24) is 15.0 Å². The van der Waals surface area contributed by atoms with E-state index in [1.54, 1.807) is 0 Å². The largest absolute Gasteiger partial charge is 0.390 e. The summed E-state index contributed by atoms with van der Waals surface area (Å²) in [7, 11) is 0. The Hall–Kier alpha value is -2.71. The van der Waals surface area contributed by atoms with E-state index in [9.17, 15) is 5.11 Å². The second-order valence-electron chi connectivity index (χ2n) is 10.4. The zero-order valence-corrected chi connectivity index (χ0v) is 22.2. The third kappa shape index (κ3) is 6.24. The highest BCUT2D eigenvalue weighted by atomic mass is 16.5. The van der Waals surface area contributed by atoms with E-state index in [2.05, 4.69) is 70.1 Å². The van der Waals surface area contributed by atoms with Gasteiger partial charge in [-0.05, 0) is 30.9 Å². The van der Waals surface area contributed by atoms with Crippen LogP contribution < -0.4 is 4.90 Å². The van der Waals surface area contributed by atoms with Gasteiger partial charge in [0, 0.05) is 57.4 Å². The van der Waals surface area contributed by atoms with Gasteiger partial charge in [-0.3, -0.25) is 9.80 Å². The molecule has 37 heavy (non-hydrogen) atoms. The van der Waals surface area contributed by atoms with Crippen molar-refractivity contribution in [3.8, 4) is 11.3 Å². The molecule has 2 aromatic carbocycles. The maximum Gasteiger partial charge on any atom is 0.232 e. The monoisotopic (exact) mass is 504 g/mol. The van der Waals surface area contributed by atoms with E-state index in [4.69, 9.17) is 9.26 Å². The molecule has 1 fully saturated rings. The topological polar surface area (TPSA) is 65.2 Å². The standard InChI is InChI=1S/C30H40N4O3/c1-3-23(2)34(21-27(35)20-32-15-17-36-18-16-32)22-28-29(25-10-5-4-6-11-25)31-37-30(28)33-14-13-24-9-7-8-12-26(24)19-33/h4-12,23,27,35H,3,13-22H2,1-2H3/t23-,27+/m0/s1. The molecule has 3 aromatic rings. The van der Waals surface area contributed by atoms with Gasteiger partial charge in [0.05, 0.1) is 24.9 Å². The van der Waals surface area contributed by atoms with Crippen LogP contribution in [0.15, 0.2) is 59.1 Å². The van der Waals surface area contributed by atoms with Crippen molar-refractivity contribution in [1.29, 1.82) is 0 Å². The number of aliphatic hydroxyl groups is 1. The van der Waals surface area contributed by atoms with Gasteiger partial charge in [-0.25, -0.2) is 0 Å². The zero-order chi connectivity index (χ0) is 25.6. The van der Waals surface area contributed by atoms with Crippen LogP contribution in [0.25, 0.3) is 11.3 Å². The second-order valence-corrected chi connectivity index (χ2v) is 10.4. The fourth-order valence-electron chi connectivity index (χ4n) is 5.46. The molecular formula is C30H40N4O3. The minimum Gasteiger partial charge on any atom is -0.390 e. The molecule has 2 atom stereocenters. The first-order chi connectivity index (χ1) is 18.1. The highest BCUT2D eigenvalue weighted by molar-refractivity contribution is 5.68. The number of aromatic nitrogens is 1. The van der Waals surface area contributed by atoms with E-state index in [0.717, 1.165) is 74.9 Å². The summed E-state index contributed by atoms with van der Waals surface area (Å²) in [5.41, 5.74) is 5.81. The van der Waals surface area contributed by atoms with Crippen LogP contribution in [0.5, 0.6) is 0 Å². The fourth-order valence-corrected chi connectivity index (χ4v) is 5.46. The maximum atomic E-state index is 11.1. The molecule has 1 N–H and O–H groups in total. The van der Waals surface area contributed by atoms with Crippen LogP contribution in [0.1, 0.15) is 37.0 Å². The van der Waals surface area contributed by atoms with E-state index in [1.165, 1.54) is 11.1 Å². The molecule has 0 radical (unpaired) electrons. The van der Waals surface area contributed by atoms with Gasteiger partial charge < -0.3 is 19.3 Å². The zero-order valence-electron chi connectivity index (χ0n) is 22.2. The molecule has 7 nitrogen and oxygen atoms in total. The van der Waals surface area contributed by atoms with Crippen LogP contribution in [0, 0.1) is 0 Å². The Morgan fingerprint density at radius 2 is 1.73 bits per heavy atom. The Balaban J connectivity index is 1.41. The summed E-state index contributed by atoms with van der Waals surface area (Å²) in [6.45, 7) is 11.4. The molecule has 3 heterocycles. The van der Waals surface area contributed by atoms with E-state index < -0.39 is 6.10 Å². The molecule has 0 amide bonds. The van der Waals surface area contributed by atoms with Gasteiger partial charge in [0.2, 0.25) is 5.88 Å². The van der Waals surface area contributed by atoms with Gasteiger partial charge in [0.15, 0.2) is 0 Å². The summed E-state index contributed by atoms with van der Waals surface area (Å²) >= 11 is 0. The number of aliphatic hydroxyl groups excluding tert-OH is 1. The Labute approximate surface area is 220 Å². The number of hydrogen-bond donors (Lipinski definition) is 1. The smallest absolute Gasteiger partial charge is 0.232 e. The first-order valence-corrected chi connectivity index (χ1v) is 13.7. The lowest BCUT2D eigenvalue weighted by molar-refractivity contribution is 0.00253. The molecule has 1 saturated heterocycles. The summed E-state index contributed by atoms with van der Waals surface area (Å²) in [4.78, 5) is 7.02. The highest BCUT2D eigenvalue weighted by Crippen LogP contribution is 2.35. The molecule has 198 valence electrons. The SMILES string of the molecule is CC[C@H](C)N(Cc1c(-c2ccccc2)noc1N1CCc2ccccc2C1)C[C@H](O)CN1CCOCC1. The number of β-amino-alcohol motifs (C(OH)–C–C–N with tert-alkyl or cyclic N) is 1. The first-order valence-electron chi connectivity index (χ1n) is 13.7. The Morgan fingerprint density at radius 3 is 2.49 bits per heavy atom. The van der Waals surface area contributed by atoms with Crippen LogP contribution in [-0.4, -0.2) is 78.1 Å². The van der Waals surface area contributed by atoms with Gasteiger partial charge >= 0.3 is 0 Å². The number of ether oxygens (including phenoxy) is 1. The minimum absolute atomic E-state index is 0.313. The average Bonchev–Trinajstić information content (AvgIpc) is 3.36. The molecule has 0 saturated carbocycles. The lowest BCUT2D eigenvalue weighted by Gasteiger charge is -2.34. The number of rotatable bonds is 10. The molecule has 2 aliphatic rings. The third-order valence-electron chi connectivity index (χ3n) is 7.83. The summed E-state index contributed by atoms with van der Waals surface area (Å²) in [5, 5.41) is 15.7. The lowest BCUT2D eigenvalue weighted by Crippen LogP contribution is -2.46. The first kappa shape index (κ1) is 25.9. The Bertz CT molecular complexity index is 1130. The quantitative estimate of drug-likeness (QED) is 0.444. The number of hydrogen-bond acceptors (Lipinski definition) is 7. The summed E-state index contributed by atoms with van der Waals surface area (Å²) in [6.07, 6.45) is 1.56. The molecule has 1 aromatic heterocycles. The van der Waals surface area contributed by atoms with Crippen molar-refractivity contribution in [3.05, 3.63) is 71.3 Å². The molecule has 0 unspecified atom stereocenters. The van der Waals surface area contributed by atoms with Crippen LogP contribution >= 0.6 is 0 Å². The van der Waals surface area contributed by atoms with Crippen molar-refractivity contribution in [2.45, 2.75) is 51.9 Å². The van der Waals surface area contributed by atoms with Gasteiger partial charge in [-0.15, -0.1) is 0 Å². The number of morpholine rings is 1. The highest BCUT2D eigenvalue weighted by Gasteiger charge is 2.29. The van der Waals surface area contributed by atoms with Crippen molar-refractivity contribution in [2.75, 3.05) is 50.8 Å². The minimum atomic E-state index is -0.433. The van der Waals surface area contributed by atoms with Crippen LogP contribution in [0.2, 0.25) is 0 Å². The van der Waals surface area contributed by atoms with E-state index in [0.29, 0.717) is 25.7 Å². The number of anilines is 1. The van der Waals surface area contributed by atoms with Crippen molar-refractivity contribution in [2.24, 2.45) is 0 Å². The van der Waals surface area contributed by atoms with Gasteiger partial charge in [-0.1, -0.05) is 66.7 Å². The maximum absolute atomic E-state index is 11.1. The molecule has 2 aliphatic heterocycles. The predicted octanol–water partition coefficient (Wildman–Crippen LogP) is 4.20. The molecule has 0 aliphatic carbocycles. The Morgan fingerprint density at radius 1 is 1.00 bits per heavy atom. The Kier molecular flexibility index (Phi) is 8.56. The predicted molar refractivity (Wildman–Crippen MR) is 147 cm³/mol. The van der Waals surface area contributed by atoms with Crippen molar-refractivity contribution in [3.63, 3.8) is 0 Å². The number of fused-ring (bicyclic) bond motifs is 1.